The summed E-state index contributed by atoms with van der Waals surface area (Å²) in [6.07, 6.45) is 11.8. The summed E-state index contributed by atoms with van der Waals surface area (Å²) in [5, 5.41) is 1.11. The summed E-state index contributed by atoms with van der Waals surface area (Å²) in [4.78, 5) is 20.8. The molecule has 8 aromatic rings. The average molecular weight is 719 g/mol. The first-order valence-corrected chi connectivity index (χ1v) is 19.4. The van der Waals surface area contributed by atoms with E-state index in [9.17, 15) is 0 Å². The molecule has 266 valence electrons. The predicted octanol–water partition coefficient (Wildman–Crippen LogP) is 13.2. The molecular weight excluding hydrogens is 681 g/mol. The minimum Gasteiger partial charge on any atom is -0.252 e. The second kappa shape index (κ2) is 14.7. The molecular formula is C52H38N4. The van der Waals surface area contributed by atoms with E-state index in [4.69, 9.17) is 19.9 Å². The molecule has 1 aliphatic heterocycles. The zero-order chi connectivity index (χ0) is 37.3. The van der Waals surface area contributed by atoms with Gasteiger partial charge in [0.05, 0.1) is 28.3 Å². The van der Waals surface area contributed by atoms with Crippen LogP contribution in [0.2, 0.25) is 0 Å². The van der Waals surface area contributed by atoms with E-state index < -0.39 is 0 Å². The first-order chi connectivity index (χ1) is 27.7. The average Bonchev–Trinajstić information content (AvgIpc) is 3.27. The summed E-state index contributed by atoms with van der Waals surface area (Å²) in [6.45, 7) is 0. The lowest BCUT2D eigenvalue weighted by atomic mass is 9.83. The van der Waals surface area contributed by atoms with Gasteiger partial charge in [0.2, 0.25) is 0 Å². The number of allylic oxidation sites excluding steroid dienone is 4. The minimum atomic E-state index is 0.379. The summed E-state index contributed by atoms with van der Waals surface area (Å²) in [5.74, 6) is 1.07. The van der Waals surface area contributed by atoms with Gasteiger partial charge in [-0.15, -0.1) is 0 Å². The standard InChI is InChI=1S/C52H38N4/c1-2-10-22-46-42(18-5-1)33-45-50(54-47-23-12-11-21-44(47)51(45)53-46)40-30-26-37(27-31-40)41-19-13-20-43(32-41)52-55-48(38-16-8-4-9-17-38)34-49(56-52)39-28-24-36(25-29-39)35-14-6-3-7-15-35/h1-4,6-17,19-32,34,42H,5,18,33H2/b2-1-,22-10-. The van der Waals surface area contributed by atoms with Crippen LogP contribution in [0.4, 0.5) is 5.69 Å². The monoisotopic (exact) mass is 718 g/mol. The van der Waals surface area contributed by atoms with Crippen molar-refractivity contribution in [1.29, 1.82) is 0 Å². The molecule has 0 spiro atoms. The van der Waals surface area contributed by atoms with Gasteiger partial charge in [-0.1, -0.05) is 164 Å². The van der Waals surface area contributed by atoms with Gasteiger partial charge in [0.1, 0.15) is 0 Å². The van der Waals surface area contributed by atoms with Gasteiger partial charge in [-0.2, -0.15) is 0 Å². The maximum atomic E-state index is 5.30. The van der Waals surface area contributed by atoms with Gasteiger partial charge >= 0.3 is 0 Å². The highest BCUT2D eigenvalue weighted by Crippen LogP contribution is 2.42. The number of benzene rings is 6. The van der Waals surface area contributed by atoms with Gasteiger partial charge in [0, 0.05) is 44.8 Å². The van der Waals surface area contributed by atoms with Gasteiger partial charge in [0.15, 0.2) is 5.82 Å². The van der Waals surface area contributed by atoms with Crippen LogP contribution in [0.3, 0.4) is 0 Å². The van der Waals surface area contributed by atoms with Gasteiger partial charge in [0.25, 0.3) is 0 Å². The van der Waals surface area contributed by atoms with Crippen LogP contribution in [-0.4, -0.2) is 20.7 Å². The van der Waals surface area contributed by atoms with Crippen molar-refractivity contribution < 1.29 is 0 Å². The van der Waals surface area contributed by atoms with Crippen molar-refractivity contribution in [2.24, 2.45) is 10.9 Å². The number of hydrogen-bond acceptors (Lipinski definition) is 4. The van der Waals surface area contributed by atoms with Crippen molar-refractivity contribution in [1.82, 2.24) is 15.0 Å². The molecule has 10 rings (SSSR count). The Morgan fingerprint density at radius 2 is 1.05 bits per heavy atom. The number of pyridine rings is 1. The molecule has 0 bridgehead atoms. The molecule has 1 aliphatic carbocycles. The fourth-order valence-corrected chi connectivity index (χ4v) is 8.02. The lowest BCUT2D eigenvalue weighted by Gasteiger charge is -2.26. The van der Waals surface area contributed by atoms with E-state index in [1.807, 2.05) is 12.1 Å². The van der Waals surface area contributed by atoms with Gasteiger partial charge in [-0.25, -0.2) is 15.0 Å². The van der Waals surface area contributed by atoms with E-state index in [2.05, 4.69) is 176 Å². The summed E-state index contributed by atoms with van der Waals surface area (Å²) in [6, 6.07) is 57.3. The summed E-state index contributed by atoms with van der Waals surface area (Å²) < 4.78 is 0. The van der Waals surface area contributed by atoms with Crippen LogP contribution in [0.1, 0.15) is 18.4 Å². The molecule has 0 radical (unpaired) electrons. The Morgan fingerprint density at radius 3 is 1.82 bits per heavy atom. The summed E-state index contributed by atoms with van der Waals surface area (Å²) in [7, 11) is 0. The van der Waals surface area contributed by atoms with Gasteiger partial charge < -0.3 is 0 Å². The molecule has 0 amide bonds. The molecule has 1 unspecified atom stereocenters. The zero-order valence-electron chi connectivity index (χ0n) is 30.9. The normalized spacial score (nSPS) is 15.9. The molecule has 6 aromatic carbocycles. The molecule has 3 heterocycles. The van der Waals surface area contributed by atoms with Gasteiger partial charge in [-0.3, -0.25) is 4.99 Å². The van der Waals surface area contributed by atoms with Crippen molar-refractivity contribution in [3.63, 3.8) is 0 Å². The Balaban J connectivity index is 1.01. The molecule has 0 fully saturated rings. The van der Waals surface area contributed by atoms with E-state index in [1.54, 1.807) is 0 Å². The number of nitrogens with zero attached hydrogens (tertiary/aromatic N) is 4. The van der Waals surface area contributed by atoms with E-state index >= 15 is 0 Å². The van der Waals surface area contributed by atoms with Crippen LogP contribution in [0.25, 0.3) is 78.3 Å². The highest BCUT2D eigenvalue weighted by atomic mass is 14.9. The number of aliphatic imine (C=N–C) groups is 1. The fraction of sp³-hybridized carbons (Fsp3) is 0.0769. The van der Waals surface area contributed by atoms with Gasteiger partial charge in [-0.05, 0) is 65.8 Å². The van der Waals surface area contributed by atoms with E-state index in [0.29, 0.717) is 11.7 Å². The number of fused-ring (bicyclic) bond motifs is 4. The molecule has 1 atom stereocenters. The molecule has 2 aromatic heterocycles. The highest BCUT2D eigenvalue weighted by Gasteiger charge is 2.27. The largest absolute Gasteiger partial charge is 0.252 e. The number of hydrogen-bond donors (Lipinski definition) is 0. The number of rotatable bonds is 6. The van der Waals surface area contributed by atoms with E-state index in [-0.39, 0.29) is 0 Å². The smallest absolute Gasteiger partial charge is 0.160 e. The lowest BCUT2D eigenvalue weighted by molar-refractivity contribution is 0.624. The number of para-hydroxylation sites is 1. The molecule has 56 heavy (non-hydrogen) atoms. The lowest BCUT2D eigenvalue weighted by Crippen LogP contribution is -2.20. The molecule has 0 saturated heterocycles. The molecule has 4 heteroatoms. The third kappa shape index (κ3) is 6.56. The second-order valence-corrected chi connectivity index (χ2v) is 14.5. The summed E-state index contributed by atoms with van der Waals surface area (Å²) >= 11 is 0. The van der Waals surface area contributed by atoms with E-state index in [0.717, 1.165) is 86.3 Å². The summed E-state index contributed by atoms with van der Waals surface area (Å²) in [5.41, 5.74) is 16.0. The Hall–Kier alpha value is -7.04. The Labute approximate surface area is 327 Å². The Morgan fingerprint density at radius 1 is 0.464 bits per heavy atom. The van der Waals surface area contributed by atoms with Crippen molar-refractivity contribution in [3.8, 4) is 67.4 Å². The van der Waals surface area contributed by atoms with Crippen molar-refractivity contribution in [2.45, 2.75) is 19.3 Å². The zero-order valence-corrected chi connectivity index (χ0v) is 30.9. The molecule has 0 N–H and O–H groups in total. The third-order valence-corrected chi connectivity index (χ3v) is 11.0. The van der Waals surface area contributed by atoms with Crippen molar-refractivity contribution in [2.75, 3.05) is 0 Å². The maximum Gasteiger partial charge on any atom is 0.160 e. The first-order valence-electron chi connectivity index (χ1n) is 19.4. The van der Waals surface area contributed by atoms with Crippen LogP contribution < -0.4 is 0 Å². The molecule has 4 nitrogen and oxygen atoms in total. The third-order valence-electron chi connectivity index (χ3n) is 11.0. The van der Waals surface area contributed by atoms with Crippen molar-refractivity contribution in [3.05, 3.63) is 194 Å². The quantitative estimate of drug-likeness (QED) is 0.172. The van der Waals surface area contributed by atoms with E-state index in [1.165, 1.54) is 22.4 Å². The molecule has 2 aliphatic rings. The van der Waals surface area contributed by atoms with Crippen LogP contribution in [-0.2, 0) is 6.42 Å². The topological polar surface area (TPSA) is 51.0 Å². The Kier molecular flexibility index (Phi) is 8.77. The molecule has 0 saturated carbocycles. The maximum absolute atomic E-state index is 5.30. The number of aromatic nitrogens is 3. The van der Waals surface area contributed by atoms with Crippen LogP contribution in [0.15, 0.2) is 193 Å². The fourth-order valence-electron chi connectivity index (χ4n) is 8.02. The van der Waals surface area contributed by atoms with Crippen LogP contribution >= 0.6 is 0 Å². The van der Waals surface area contributed by atoms with Crippen molar-refractivity contribution >= 4 is 22.3 Å². The first kappa shape index (κ1) is 33.5. The second-order valence-electron chi connectivity index (χ2n) is 14.5. The minimum absolute atomic E-state index is 0.379. The highest BCUT2D eigenvalue weighted by molar-refractivity contribution is 6.06. The van der Waals surface area contributed by atoms with Crippen LogP contribution in [0.5, 0.6) is 0 Å². The SMILES string of the molecule is C1=C\CCC2Cc3c(-c4ccc(-c5cccc(-c6nc(-c7ccccc7)cc(-c7ccc(-c8ccccc8)cc7)n6)c5)cc4)nc4ccccc4c3N=C2\C=C/1. The van der Waals surface area contributed by atoms with Crippen LogP contribution in [0, 0.1) is 5.92 Å². The Bertz CT molecular complexity index is 2800. The predicted molar refractivity (Wildman–Crippen MR) is 232 cm³/mol.